The van der Waals surface area contributed by atoms with E-state index in [1.54, 1.807) is 6.33 Å². The molecule has 7 rings (SSSR count). The van der Waals surface area contributed by atoms with E-state index in [-0.39, 0.29) is 0 Å². The van der Waals surface area contributed by atoms with Crippen LogP contribution in [0.4, 0.5) is 5.82 Å². The second-order valence-corrected chi connectivity index (χ2v) is 9.17. The zero-order chi connectivity index (χ0) is 25.3. The van der Waals surface area contributed by atoms with E-state index in [2.05, 4.69) is 110 Å². The van der Waals surface area contributed by atoms with Crippen LogP contribution in [0.3, 0.4) is 0 Å². The number of nitrogens with one attached hydrogen (secondary N) is 1. The van der Waals surface area contributed by atoms with Gasteiger partial charge in [0.05, 0.1) is 24.1 Å². The summed E-state index contributed by atoms with van der Waals surface area (Å²) in [5.74, 6) is 0.652. The van der Waals surface area contributed by atoms with Gasteiger partial charge in [0.15, 0.2) is 17.0 Å². The minimum Gasteiger partial charge on any atom is -0.311 e. The highest BCUT2D eigenvalue weighted by atomic mass is 15.4. The summed E-state index contributed by atoms with van der Waals surface area (Å²) in [6, 6.07) is 39.8. The zero-order valence-electron chi connectivity index (χ0n) is 20.6. The molecule has 3 heterocycles. The molecule has 182 valence electrons. The van der Waals surface area contributed by atoms with E-state index in [1.165, 1.54) is 11.1 Å². The van der Waals surface area contributed by atoms with Gasteiger partial charge in [0.1, 0.15) is 6.33 Å². The fraction of sp³-hybridized carbons (Fsp3) is 0.0312. The fourth-order valence-corrected chi connectivity index (χ4v) is 5.09. The molecule has 6 nitrogen and oxygen atoms in total. The number of nitrogens with zero attached hydrogens (tertiary/aromatic N) is 5. The molecule has 0 aliphatic carbocycles. The van der Waals surface area contributed by atoms with Crippen LogP contribution in [-0.2, 0) is 6.54 Å². The SMILES string of the molecule is c1ccc(Cn2cnc3c(Nn4c(-c5ccccc5)c(-c5ccccc5)c5ccccc54)ncnc32)cc1. The van der Waals surface area contributed by atoms with Crippen LogP contribution in [0.5, 0.6) is 0 Å². The maximum Gasteiger partial charge on any atom is 0.176 e. The maximum atomic E-state index is 4.72. The molecule has 0 spiro atoms. The molecule has 38 heavy (non-hydrogen) atoms. The van der Waals surface area contributed by atoms with E-state index >= 15 is 0 Å². The molecule has 0 amide bonds. The Morgan fingerprint density at radius 3 is 2.05 bits per heavy atom. The van der Waals surface area contributed by atoms with Crippen LogP contribution in [0.2, 0.25) is 0 Å². The molecule has 0 aliphatic heterocycles. The third kappa shape index (κ3) is 3.79. The normalized spacial score (nSPS) is 11.3. The lowest BCUT2D eigenvalue weighted by atomic mass is 9.98. The Balaban J connectivity index is 1.42. The minimum absolute atomic E-state index is 0.652. The summed E-state index contributed by atoms with van der Waals surface area (Å²) in [6.45, 7) is 0.688. The van der Waals surface area contributed by atoms with E-state index < -0.39 is 0 Å². The molecule has 0 atom stereocenters. The van der Waals surface area contributed by atoms with Crippen LogP contribution >= 0.6 is 0 Å². The molecule has 0 unspecified atom stereocenters. The molecule has 3 aromatic heterocycles. The van der Waals surface area contributed by atoms with Crippen molar-refractivity contribution in [3.05, 3.63) is 133 Å². The number of hydrogen-bond acceptors (Lipinski definition) is 4. The van der Waals surface area contributed by atoms with Crippen molar-refractivity contribution in [1.29, 1.82) is 0 Å². The van der Waals surface area contributed by atoms with Crippen molar-refractivity contribution in [2.75, 3.05) is 5.43 Å². The molecule has 7 aromatic rings. The number of aromatic nitrogens is 5. The van der Waals surface area contributed by atoms with E-state index in [0.29, 0.717) is 12.4 Å². The standard InChI is InChI=1S/C32H24N6/c1-4-12-23(13-5-1)20-37-22-35-29-31(33-21-34-32(29)37)36-38-27-19-11-10-18-26(27)28(24-14-6-2-7-15-24)30(38)25-16-8-3-9-17-25/h1-19,21-22H,20H2,(H,33,34,36). The summed E-state index contributed by atoms with van der Waals surface area (Å²) in [5, 5.41) is 1.16. The maximum absolute atomic E-state index is 4.72. The van der Waals surface area contributed by atoms with Gasteiger partial charge in [-0.05, 0) is 17.2 Å². The highest BCUT2D eigenvalue weighted by Crippen LogP contribution is 2.40. The van der Waals surface area contributed by atoms with Crippen LogP contribution in [-0.4, -0.2) is 24.2 Å². The summed E-state index contributed by atoms with van der Waals surface area (Å²) in [4.78, 5) is 13.9. The number of rotatable bonds is 6. The summed E-state index contributed by atoms with van der Waals surface area (Å²) in [6.07, 6.45) is 3.43. The monoisotopic (exact) mass is 492 g/mol. The average Bonchev–Trinajstić information content (AvgIpc) is 3.54. The Morgan fingerprint density at radius 1 is 0.632 bits per heavy atom. The molecule has 4 aromatic carbocycles. The van der Waals surface area contributed by atoms with Gasteiger partial charge in [-0.15, -0.1) is 0 Å². The smallest absolute Gasteiger partial charge is 0.176 e. The van der Waals surface area contributed by atoms with Gasteiger partial charge in [0.2, 0.25) is 0 Å². The molecule has 0 radical (unpaired) electrons. The van der Waals surface area contributed by atoms with Crippen LogP contribution in [0.1, 0.15) is 5.56 Å². The van der Waals surface area contributed by atoms with Crippen LogP contribution < -0.4 is 5.43 Å². The number of fused-ring (bicyclic) bond motifs is 2. The Labute approximate surface area is 219 Å². The molecule has 0 saturated heterocycles. The highest BCUT2D eigenvalue weighted by molar-refractivity contribution is 6.05. The van der Waals surface area contributed by atoms with Gasteiger partial charge < -0.3 is 4.57 Å². The van der Waals surface area contributed by atoms with E-state index in [0.717, 1.165) is 38.9 Å². The van der Waals surface area contributed by atoms with Gasteiger partial charge >= 0.3 is 0 Å². The Kier molecular flexibility index (Phi) is 5.40. The number of imidazole rings is 1. The first-order valence-electron chi connectivity index (χ1n) is 12.6. The van der Waals surface area contributed by atoms with Crippen molar-refractivity contribution in [2.24, 2.45) is 0 Å². The van der Waals surface area contributed by atoms with Gasteiger partial charge in [0.25, 0.3) is 0 Å². The second-order valence-electron chi connectivity index (χ2n) is 9.17. The van der Waals surface area contributed by atoms with E-state index in [4.69, 9.17) is 4.98 Å². The predicted molar refractivity (Wildman–Crippen MR) is 153 cm³/mol. The van der Waals surface area contributed by atoms with Gasteiger partial charge in [-0.1, -0.05) is 109 Å². The summed E-state index contributed by atoms with van der Waals surface area (Å²) in [5.41, 5.74) is 11.9. The van der Waals surface area contributed by atoms with Crippen molar-refractivity contribution in [3.8, 4) is 22.4 Å². The first-order valence-corrected chi connectivity index (χ1v) is 12.6. The lowest BCUT2D eigenvalue weighted by Crippen LogP contribution is -2.12. The van der Waals surface area contributed by atoms with Crippen molar-refractivity contribution in [3.63, 3.8) is 0 Å². The molecule has 1 N–H and O–H groups in total. The number of anilines is 1. The average molecular weight is 493 g/mol. The second kappa shape index (κ2) is 9.33. The van der Waals surface area contributed by atoms with Gasteiger partial charge in [-0.25, -0.2) is 15.0 Å². The van der Waals surface area contributed by atoms with Crippen molar-refractivity contribution >= 4 is 27.9 Å². The topological polar surface area (TPSA) is 60.6 Å². The van der Waals surface area contributed by atoms with Gasteiger partial charge in [0, 0.05) is 16.5 Å². The van der Waals surface area contributed by atoms with Crippen LogP contribution in [0, 0.1) is 0 Å². The lowest BCUT2D eigenvalue weighted by molar-refractivity contribution is 0.813. The largest absolute Gasteiger partial charge is 0.311 e. The van der Waals surface area contributed by atoms with E-state index in [1.807, 2.05) is 36.7 Å². The molecule has 6 heteroatoms. The Hall–Kier alpha value is -5.23. The Morgan fingerprint density at radius 2 is 1.29 bits per heavy atom. The highest BCUT2D eigenvalue weighted by Gasteiger charge is 2.21. The Bertz CT molecular complexity index is 1850. The minimum atomic E-state index is 0.652. The summed E-state index contributed by atoms with van der Waals surface area (Å²) < 4.78 is 4.18. The lowest BCUT2D eigenvalue weighted by Gasteiger charge is -2.15. The van der Waals surface area contributed by atoms with Crippen molar-refractivity contribution in [1.82, 2.24) is 24.2 Å². The van der Waals surface area contributed by atoms with Crippen LogP contribution in [0.15, 0.2) is 128 Å². The third-order valence-corrected chi connectivity index (χ3v) is 6.80. The molecule has 0 fully saturated rings. The number of para-hydroxylation sites is 1. The molecular weight excluding hydrogens is 468 g/mol. The zero-order valence-corrected chi connectivity index (χ0v) is 20.6. The number of benzene rings is 4. The first kappa shape index (κ1) is 22.0. The van der Waals surface area contributed by atoms with Crippen molar-refractivity contribution < 1.29 is 0 Å². The summed E-state index contributed by atoms with van der Waals surface area (Å²) >= 11 is 0. The number of hydrogen-bond donors (Lipinski definition) is 1. The fourth-order valence-electron chi connectivity index (χ4n) is 5.09. The molecular formula is C32H24N6. The van der Waals surface area contributed by atoms with Gasteiger partial charge in [-0.3, -0.25) is 10.1 Å². The van der Waals surface area contributed by atoms with Crippen molar-refractivity contribution in [2.45, 2.75) is 6.54 Å². The van der Waals surface area contributed by atoms with Crippen LogP contribution in [0.25, 0.3) is 44.5 Å². The first-order chi connectivity index (χ1) is 18.9. The van der Waals surface area contributed by atoms with Gasteiger partial charge in [-0.2, -0.15) is 0 Å². The molecule has 0 bridgehead atoms. The third-order valence-electron chi connectivity index (χ3n) is 6.80. The summed E-state index contributed by atoms with van der Waals surface area (Å²) in [7, 11) is 0. The molecule has 0 aliphatic rings. The van der Waals surface area contributed by atoms with E-state index in [9.17, 15) is 0 Å². The quantitative estimate of drug-likeness (QED) is 0.270. The molecule has 0 saturated carbocycles. The predicted octanol–water partition coefficient (Wildman–Crippen LogP) is 7.04.